The van der Waals surface area contributed by atoms with E-state index in [4.69, 9.17) is 16.9 Å². The van der Waals surface area contributed by atoms with Crippen molar-refractivity contribution in [3.8, 4) is 6.07 Å². The molecule has 1 aliphatic rings. The van der Waals surface area contributed by atoms with Gasteiger partial charge in [0.15, 0.2) is 0 Å². The molecule has 0 atom stereocenters. The molecule has 1 aromatic heterocycles. The lowest BCUT2D eigenvalue weighted by atomic mass is 10.2. The third-order valence-electron chi connectivity index (χ3n) is 2.38. The standard InChI is InChI=1S/C10H11ClN4/c11-10-6-9(5-8(7-12)14-10)15-3-1-13-2-4-15/h5-6,13H,1-4H2. The summed E-state index contributed by atoms with van der Waals surface area (Å²) in [6, 6.07) is 5.58. The molecule has 4 nitrogen and oxygen atoms in total. The fourth-order valence-corrected chi connectivity index (χ4v) is 1.85. The van der Waals surface area contributed by atoms with Crippen molar-refractivity contribution in [2.75, 3.05) is 31.1 Å². The third-order valence-corrected chi connectivity index (χ3v) is 2.57. The number of anilines is 1. The van der Waals surface area contributed by atoms with Crippen LogP contribution < -0.4 is 10.2 Å². The number of nitriles is 1. The number of nitrogens with one attached hydrogen (secondary N) is 1. The van der Waals surface area contributed by atoms with Crippen molar-refractivity contribution in [3.05, 3.63) is 23.0 Å². The molecule has 5 heteroatoms. The van der Waals surface area contributed by atoms with Crippen molar-refractivity contribution < 1.29 is 0 Å². The van der Waals surface area contributed by atoms with Gasteiger partial charge in [0.1, 0.15) is 16.9 Å². The van der Waals surface area contributed by atoms with Gasteiger partial charge in [-0.1, -0.05) is 11.6 Å². The summed E-state index contributed by atoms with van der Waals surface area (Å²) in [6.07, 6.45) is 0. The van der Waals surface area contributed by atoms with Crippen molar-refractivity contribution >= 4 is 17.3 Å². The van der Waals surface area contributed by atoms with Gasteiger partial charge in [-0.2, -0.15) is 5.26 Å². The number of nitrogens with zero attached hydrogens (tertiary/aromatic N) is 3. The van der Waals surface area contributed by atoms with Gasteiger partial charge in [0.05, 0.1) is 0 Å². The van der Waals surface area contributed by atoms with Crippen molar-refractivity contribution in [1.29, 1.82) is 5.26 Å². The van der Waals surface area contributed by atoms with Crippen LogP contribution in [0.3, 0.4) is 0 Å². The van der Waals surface area contributed by atoms with E-state index >= 15 is 0 Å². The van der Waals surface area contributed by atoms with Crippen LogP contribution in [0.25, 0.3) is 0 Å². The molecule has 15 heavy (non-hydrogen) atoms. The molecule has 1 saturated heterocycles. The molecule has 1 aliphatic heterocycles. The van der Waals surface area contributed by atoms with Gasteiger partial charge in [-0.15, -0.1) is 0 Å². The fraction of sp³-hybridized carbons (Fsp3) is 0.400. The lowest BCUT2D eigenvalue weighted by molar-refractivity contribution is 0.589. The molecule has 0 bridgehead atoms. The van der Waals surface area contributed by atoms with Crippen LogP contribution in [0.15, 0.2) is 12.1 Å². The molecule has 0 radical (unpaired) electrons. The Morgan fingerprint density at radius 3 is 2.80 bits per heavy atom. The molecular formula is C10H11ClN4. The SMILES string of the molecule is N#Cc1cc(N2CCNCC2)cc(Cl)n1. The molecule has 1 fully saturated rings. The van der Waals surface area contributed by atoms with Crippen LogP contribution in [0.2, 0.25) is 5.15 Å². The lowest BCUT2D eigenvalue weighted by Crippen LogP contribution is -2.43. The Morgan fingerprint density at radius 2 is 2.13 bits per heavy atom. The first-order chi connectivity index (χ1) is 7.29. The zero-order chi connectivity index (χ0) is 10.7. The minimum absolute atomic E-state index is 0.371. The van der Waals surface area contributed by atoms with Crippen LogP contribution >= 0.6 is 11.6 Å². The monoisotopic (exact) mass is 222 g/mol. The lowest BCUT2D eigenvalue weighted by Gasteiger charge is -2.29. The number of piperazine rings is 1. The highest BCUT2D eigenvalue weighted by molar-refractivity contribution is 6.29. The van der Waals surface area contributed by atoms with E-state index in [-0.39, 0.29) is 0 Å². The van der Waals surface area contributed by atoms with Crippen molar-refractivity contribution in [1.82, 2.24) is 10.3 Å². The first-order valence-corrected chi connectivity index (χ1v) is 5.21. The van der Waals surface area contributed by atoms with E-state index in [1.54, 1.807) is 12.1 Å². The highest BCUT2D eigenvalue weighted by Crippen LogP contribution is 2.19. The second-order valence-corrected chi connectivity index (χ2v) is 3.77. The van der Waals surface area contributed by atoms with Crippen LogP contribution in [-0.2, 0) is 0 Å². The molecule has 2 heterocycles. The first kappa shape index (κ1) is 10.2. The van der Waals surface area contributed by atoms with Crippen molar-refractivity contribution in [2.24, 2.45) is 0 Å². The topological polar surface area (TPSA) is 52.0 Å². The first-order valence-electron chi connectivity index (χ1n) is 4.83. The van der Waals surface area contributed by atoms with Gasteiger partial charge in [0, 0.05) is 31.9 Å². The predicted molar refractivity (Wildman–Crippen MR) is 59.0 cm³/mol. The normalized spacial score (nSPS) is 16.1. The van der Waals surface area contributed by atoms with Gasteiger partial charge in [-0.05, 0) is 12.1 Å². The highest BCUT2D eigenvalue weighted by Gasteiger charge is 2.12. The molecule has 2 rings (SSSR count). The highest BCUT2D eigenvalue weighted by atomic mass is 35.5. The van der Waals surface area contributed by atoms with E-state index in [0.717, 1.165) is 31.9 Å². The van der Waals surface area contributed by atoms with Gasteiger partial charge >= 0.3 is 0 Å². The molecule has 0 aromatic carbocycles. The van der Waals surface area contributed by atoms with Crippen molar-refractivity contribution in [3.63, 3.8) is 0 Å². The Balaban J connectivity index is 2.27. The molecule has 0 aliphatic carbocycles. The Bertz CT molecular complexity index is 393. The maximum absolute atomic E-state index is 8.78. The molecule has 1 aromatic rings. The summed E-state index contributed by atoms with van der Waals surface area (Å²) in [7, 11) is 0. The zero-order valence-corrected chi connectivity index (χ0v) is 8.96. The second kappa shape index (κ2) is 4.47. The van der Waals surface area contributed by atoms with Crippen LogP contribution in [0, 0.1) is 11.3 Å². The van der Waals surface area contributed by atoms with Crippen LogP contribution in [0.1, 0.15) is 5.69 Å². The molecule has 0 unspecified atom stereocenters. The van der Waals surface area contributed by atoms with E-state index in [1.807, 2.05) is 6.07 Å². The number of halogens is 1. The number of hydrogen-bond acceptors (Lipinski definition) is 4. The van der Waals surface area contributed by atoms with Crippen LogP contribution in [-0.4, -0.2) is 31.2 Å². The zero-order valence-electron chi connectivity index (χ0n) is 8.20. The van der Waals surface area contributed by atoms with Crippen molar-refractivity contribution in [2.45, 2.75) is 0 Å². The van der Waals surface area contributed by atoms with E-state index < -0.39 is 0 Å². The summed E-state index contributed by atoms with van der Waals surface area (Å²) in [5.74, 6) is 0. The van der Waals surface area contributed by atoms with Gasteiger partial charge in [-0.25, -0.2) is 4.98 Å². The summed E-state index contributed by atoms with van der Waals surface area (Å²) >= 11 is 5.84. The average Bonchev–Trinajstić information content (AvgIpc) is 2.29. The van der Waals surface area contributed by atoms with Crippen LogP contribution in [0.5, 0.6) is 0 Å². The Hall–Kier alpha value is -1.31. The summed E-state index contributed by atoms with van der Waals surface area (Å²) in [5.41, 5.74) is 1.35. The molecule has 0 saturated carbocycles. The Kier molecular flexibility index (Phi) is 3.05. The van der Waals surface area contributed by atoms with Gasteiger partial charge < -0.3 is 10.2 Å². The van der Waals surface area contributed by atoms with E-state index in [1.165, 1.54) is 0 Å². The average molecular weight is 223 g/mol. The van der Waals surface area contributed by atoms with E-state index in [2.05, 4.69) is 15.2 Å². The Morgan fingerprint density at radius 1 is 1.40 bits per heavy atom. The maximum Gasteiger partial charge on any atom is 0.144 e. The summed E-state index contributed by atoms with van der Waals surface area (Å²) in [6.45, 7) is 3.79. The molecule has 1 N–H and O–H groups in total. The number of aromatic nitrogens is 1. The smallest absolute Gasteiger partial charge is 0.144 e. The minimum atomic E-state index is 0.371. The Labute approximate surface area is 93.5 Å². The third kappa shape index (κ3) is 2.38. The van der Waals surface area contributed by atoms with Gasteiger partial charge in [0.2, 0.25) is 0 Å². The quantitative estimate of drug-likeness (QED) is 0.721. The number of hydrogen-bond donors (Lipinski definition) is 1. The predicted octanol–water partition coefficient (Wildman–Crippen LogP) is 1.02. The van der Waals surface area contributed by atoms with Crippen LogP contribution in [0.4, 0.5) is 5.69 Å². The molecule has 0 spiro atoms. The number of pyridine rings is 1. The molecule has 0 amide bonds. The van der Waals surface area contributed by atoms with Gasteiger partial charge in [0.25, 0.3) is 0 Å². The second-order valence-electron chi connectivity index (χ2n) is 3.38. The minimum Gasteiger partial charge on any atom is -0.369 e. The molecule has 78 valence electrons. The summed E-state index contributed by atoms with van der Waals surface area (Å²) in [4.78, 5) is 6.11. The van der Waals surface area contributed by atoms with E-state index in [0.29, 0.717) is 10.8 Å². The van der Waals surface area contributed by atoms with E-state index in [9.17, 15) is 0 Å². The summed E-state index contributed by atoms with van der Waals surface area (Å²) in [5, 5.41) is 12.4. The number of rotatable bonds is 1. The maximum atomic E-state index is 8.78. The molecular weight excluding hydrogens is 212 g/mol. The summed E-state index contributed by atoms with van der Waals surface area (Å²) < 4.78 is 0. The van der Waals surface area contributed by atoms with Gasteiger partial charge in [-0.3, -0.25) is 0 Å². The fourth-order valence-electron chi connectivity index (χ4n) is 1.65. The largest absolute Gasteiger partial charge is 0.369 e.